The van der Waals surface area contributed by atoms with Crippen molar-refractivity contribution in [2.24, 2.45) is 0 Å². The van der Waals surface area contributed by atoms with Crippen LogP contribution in [0.15, 0.2) is 41.0 Å². The summed E-state index contributed by atoms with van der Waals surface area (Å²) >= 11 is 3.42. The van der Waals surface area contributed by atoms with Crippen LogP contribution in [0.25, 0.3) is 0 Å². The molecule has 0 unspecified atom stereocenters. The lowest BCUT2D eigenvalue weighted by atomic mass is 10.1. The first-order chi connectivity index (χ1) is 13.0. The van der Waals surface area contributed by atoms with Crippen molar-refractivity contribution in [3.63, 3.8) is 0 Å². The predicted octanol–water partition coefficient (Wildman–Crippen LogP) is 6.10. The van der Waals surface area contributed by atoms with Crippen molar-refractivity contribution in [2.75, 3.05) is 0 Å². The molecular formula is C21H26BrNO4. The quantitative estimate of drug-likeness (QED) is 0.256. The van der Waals surface area contributed by atoms with Crippen molar-refractivity contribution in [1.29, 1.82) is 0 Å². The van der Waals surface area contributed by atoms with E-state index in [0.717, 1.165) is 47.3 Å². The Kier molecular flexibility index (Phi) is 8.58. The minimum absolute atomic E-state index is 0.129. The number of nitrogens with zero attached hydrogens (tertiary/aromatic N) is 1. The van der Waals surface area contributed by atoms with Crippen LogP contribution in [0.3, 0.4) is 0 Å². The zero-order valence-electron chi connectivity index (χ0n) is 16.0. The third-order valence-corrected chi connectivity index (χ3v) is 4.43. The lowest BCUT2D eigenvalue weighted by molar-refractivity contribution is -0.214. The molecule has 0 bridgehead atoms. The van der Waals surface area contributed by atoms with Gasteiger partial charge in [-0.2, -0.15) is 0 Å². The smallest absolute Gasteiger partial charge is 0.355 e. The molecule has 0 saturated heterocycles. The Bertz CT molecular complexity index is 751. The van der Waals surface area contributed by atoms with Gasteiger partial charge in [-0.05, 0) is 72.4 Å². The van der Waals surface area contributed by atoms with E-state index in [1.165, 1.54) is 0 Å². The summed E-state index contributed by atoms with van der Waals surface area (Å²) in [6.07, 6.45) is 3.94. The van der Waals surface area contributed by atoms with Gasteiger partial charge in [0.1, 0.15) is 16.5 Å². The van der Waals surface area contributed by atoms with Crippen LogP contribution in [0, 0.1) is 6.92 Å². The molecule has 0 fully saturated rings. The maximum atomic E-state index is 11.4. The van der Waals surface area contributed by atoms with Gasteiger partial charge in [-0.3, -0.25) is 9.78 Å². The highest BCUT2D eigenvalue weighted by Crippen LogP contribution is 2.30. The number of carbonyl (C=O) groups is 1. The van der Waals surface area contributed by atoms with E-state index in [-0.39, 0.29) is 12.1 Å². The van der Waals surface area contributed by atoms with E-state index in [9.17, 15) is 4.79 Å². The molecule has 0 spiro atoms. The van der Waals surface area contributed by atoms with Crippen LogP contribution < -0.4 is 9.62 Å². The maximum absolute atomic E-state index is 11.4. The highest BCUT2D eigenvalue weighted by Gasteiger charge is 2.16. The Balaban J connectivity index is 2.08. The second-order valence-electron chi connectivity index (χ2n) is 6.35. The molecule has 146 valence electrons. The molecule has 0 saturated carbocycles. The number of halogens is 1. The standard InChI is InChI=1S/C21H26BrNO4/c1-4-6-10-19(17-9-7-11-20(22)23-17)25-16-12-13-18(15(3)14-16)26-27-21(24)8-5-2/h7,9,11-14,19H,4-6,8,10H2,1-3H3/t19-/m1/s1. The summed E-state index contributed by atoms with van der Waals surface area (Å²) in [6.45, 7) is 5.95. The fourth-order valence-corrected chi connectivity index (χ4v) is 2.91. The molecule has 2 aromatic rings. The summed E-state index contributed by atoms with van der Waals surface area (Å²) in [5.74, 6) is 0.845. The fourth-order valence-electron chi connectivity index (χ4n) is 2.55. The molecule has 2 rings (SSSR count). The van der Waals surface area contributed by atoms with Gasteiger partial charge in [0.25, 0.3) is 0 Å². The Morgan fingerprint density at radius 3 is 2.67 bits per heavy atom. The number of aryl methyl sites for hydroxylation is 1. The fraction of sp³-hybridized carbons (Fsp3) is 0.429. The molecule has 0 aliphatic heterocycles. The summed E-state index contributed by atoms with van der Waals surface area (Å²) in [5.41, 5.74) is 1.72. The Labute approximate surface area is 169 Å². The Morgan fingerprint density at radius 2 is 2.00 bits per heavy atom. The lowest BCUT2D eigenvalue weighted by Crippen LogP contribution is -2.10. The van der Waals surface area contributed by atoms with Gasteiger partial charge in [-0.25, -0.2) is 9.78 Å². The van der Waals surface area contributed by atoms with Crippen molar-refractivity contribution in [2.45, 2.75) is 59.0 Å². The summed E-state index contributed by atoms with van der Waals surface area (Å²) < 4.78 is 7.00. The van der Waals surface area contributed by atoms with Gasteiger partial charge >= 0.3 is 5.97 Å². The number of ether oxygens (including phenoxy) is 1. The molecule has 1 aromatic heterocycles. The third kappa shape index (κ3) is 6.86. The van der Waals surface area contributed by atoms with Crippen molar-refractivity contribution in [1.82, 2.24) is 4.98 Å². The highest BCUT2D eigenvalue weighted by atomic mass is 79.9. The van der Waals surface area contributed by atoms with E-state index in [4.69, 9.17) is 14.5 Å². The van der Waals surface area contributed by atoms with Crippen LogP contribution in [0.2, 0.25) is 0 Å². The van der Waals surface area contributed by atoms with Gasteiger partial charge in [0, 0.05) is 12.0 Å². The second-order valence-corrected chi connectivity index (χ2v) is 7.16. The Morgan fingerprint density at radius 1 is 1.19 bits per heavy atom. The number of carbonyl (C=O) groups excluding carboxylic acids is 1. The van der Waals surface area contributed by atoms with E-state index in [2.05, 4.69) is 27.8 Å². The van der Waals surface area contributed by atoms with Gasteiger partial charge in [0.2, 0.25) is 0 Å². The van der Waals surface area contributed by atoms with E-state index in [0.29, 0.717) is 12.2 Å². The number of benzene rings is 1. The number of aromatic nitrogens is 1. The maximum Gasteiger partial charge on any atom is 0.355 e. The largest absolute Gasteiger partial charge is 0.484 e. The molecule has 1 heterocycles. The molecule has 0 aliphatic rings. The zero-order chi connectivity index (χ0) is 19.6. The third-order valence-electron chi connectivity index (χ3n) is 3.99. The minimum Gasteiger partial charge on any atom is -0.484 e. The summed E-state index contributed by atoms with van der Waals surface area (Å²) in [5, 5.41) is 0. The first-order valence-corrected chi connectivity index (χ1v) is 10.1. The predicted molar refractivity (Wildman–Crippen MR) is 108 cm³/mol. The first-order valence-electron chi connectivity index (χ1n) is 9.30. The first kappa shape index (κ1) is 21.2. The van der Waals surface area contributed by atoms with Crippen LogP contribution in [-0.4, -0.2) is 11.0 Å². The molecule has 27 heavy (non-hydrogen) atoms. The van der Waals surface area contributed by atoms with Crippen LogP contribution >= 0.6 is 15.9 Å². The monoisotopic (exact) mass is 435 g/mol. The van der Waals surface area contributed by atoms with Crippen molar-refractivity contribution >= 4 is 21.9 Å². The van der Waals surface area contributed by atoms with E-state index < -0.39 is 0 Å². The molecule has 1 aromatic carbocycles. The van der Waals surface area contributed by atoms with Gasteiger partial charge in [-0.1, -0.05) is 26.3 Å². The van der Waals surface area contributed by atoms with Crippen LogP contribution in [-0.2, 0) is 9.68 Å². The van der Waals surface area contributed by atoms with Crippen molar-refractivity contribution in [3.8, 4) is 11.5 Å². The minimum atomic E-state index is -0.377. The average Bonchev–Trinajstić information content (AvgIpc) is 2.64. The van der Waals surface area contributed by atoms with Crippen molar-refractivity contribution in [3.05, 3.63) is 52.3 Å². The molecule has 0 amide bonds. The molecular weight excluding hydrogens is 410 g/mol. The van der Waals surface area contributed by atoms with Gasteiger partial charge in [0.05, 0.1) is 5.69 Å². The van der Waals surface area contributed by atoms with E-state index in [1.807, 2.05) is 44.2 Å². The van der Waals surface area contributed by atoms with E-state index in [1.54, 1.807) is 6.07 Å². The zero-order valence-corrected chi connectivity index (χ0v) is 17.6. The van der Waals surface area contributed by atoms with E-state index >= 15 is 0 Å². The molecule has 5 nitrogen and oxygen atoms in total. The average molecular weight is 436 g/mol. The van der Waals surface area contributed by atoms with Gasteiger partial charge < -0.3 is 4.74 Å². The molecule has 0 radical (unpaired) electrons. The number of rotatable bonds is 10. The summed E-state index contributed by atoms with van der Waals surface area (Å²) in [4.78, 5) is 25.9. The SMILES string of the molecule is CCCC[C@@H](Oc1ccc(OOC(=O)CCC)c(C)c1)c1cccc(Br)n1. The summed E-state index contributed by atoms with van der Waals surface area (Å²) in [6, 6.07) is 11.3. The number of unbranched alkanes of at least 4 members (excludes halogenated alkanes) is 1. The number of hydrogen-bond acceptors (Lipinski definition) is 5. The molecule has 0 aliphatic carbocycles. The highest BCUT2D eigenvalue weighted by molar-refractivity contribution is 9.10. The lowest BCUT2D eigenvalue weighted by Gasteiger charge is -2.19. The molecule has 1 atom stereocenters. The van der Waals surface area contributed by atoms with Crippen molar-refractivity contribution < 1.29 is 19.3 Å². The molecule has 0 N–H and O–H groups in total. The topological polar surface area (TPSA) is 57.7 Å². The Hall–Kier alpha value is -2.08. The van der Waals surface area contributed by atoms with Crippen LogP contribution in [0.1, 0.15) is 63.3 Å². The van der Waals surface area contributed by atoms with Crippen LogP contribution in [0.5, 0.6) is 11.5 Å². The van der Waals surface area contributed by atoms with Gasteiger partial charge in [-0.15, -0.1) is 0 Å². The number of pyridine rings is 1. The van der Waals surface area contributed by atoms with Gasteiger partial charge in [0.15, 0.2) is 5.75 Å². The molecule has 6 heteroatoms. The van der Waals surface area contributed by atoms with Crippen LogP contribution in [0.4, 0.5) is 0 Å². The second kappa shape index (κ2) is 10.9. The normalized spacial score (nSPS) is 11.7. The number of hydrogen-bond donors (Lipinski definition) is 0. The summed E-state index contributed by atoms with van der Waals surface area (Å²) in [7, 11) is 0.